The molecule has 0 aromatic carbocycles. The molecule has 0 saturated carbocycles. The Bertz CT molecular complexity index is 245. The van der Waals surface area contributed by atoms with Crippen molar-refractivity contribution in [2.24, 2.45) is 0 Å². The largest absolute Gasteiger partial charge is 0.464 e. The van der Waals surface area contributed by atoms with E-state index in [1.54, 1.807) is 0 Å². The average molecular weight is 200 g/mol. The summed E-state index contributed by atoms with van der Waals surface area (Å²) in [6.45, 7) is 2.38. The highest BCUT2D eigenvalue weighted by Crippen LogP contribution is 2.06. The number of hydrogen-bond donors (Lipinski definition) is 1. The van der Waals surface area contributed by atoms with E-state index in [-0.39, 0.29) is 11.9 Å². The number of carbonyl (C=O) groups is 2. The lowest BCUT2D eigenvalue weighted by Crippen LogP contribution is -2.37. The number of hydrogen-bond acceptors (Lipinski definition) is 3. The van der Waals surface area contributed by atoms with Crippen LogP contribution in [-0.4, -0.2) is 24.5 Å². The van der Waals surface area contributed by atoms with Gasteiger partial charge in [-0.15, -0.1) is 0 Å². The van der Waals surface area contributed by atoms with E-state index in [1.807, 2.05) is 6.92 Å². The molecule has 4 heteroatoms. The molecule has 0 aliphatic carbocycles. The van der Waals surface area contributed by atoms with Gasteiger partial charge in [0.15, 0.2) is 0 Å². The highest BCUT2D eigenvalue weighted by molar-refractivity contribution is 5.85. The van der Waals surface area contributed by atoms with Crippen molar-refractivity contribution in [2.45, 2.75) is 45.0 Å². The third-order valence-corrected chi connectivity index (χ3v) is 2.14. The van der Waals surface area contributed by atoms with Gasteiger partial charge in [-0.05, 0) is 6.42 Å². The Morgan fingerprint density at radius 3 is 3.07 bits per heavy atom. The second kappa shape index (κ2) is 5.62. The molecule has 14 heavy (non-hydrogen) atoms. The van der Waals surface area contributed by atoms with Crippen molar-refractivity contribution in [3.05, 3.63) is 0 Å². The third kappa shape index (κ3) is 3.36. The number of unbranched alkanes of at least 4 members (excludes halogenated alkanes) is 1. The number of amides is 1. The molecule has 0 bridgehead atoms. The summed E-state index contributed by atoms with van der Waals surface area (Å²) < 4.78 is 12.3. The summed E-state index contributed by atoms with van der Waals surface area (Å²) in [7, 11) is 0. The van der Waals surface area contributed by atoms with Crippen LogP contribution in [-0.2, 0) is 14.3 Å². The Balaban J connectivity index is 2.31. The number of esters is 1. The topological polar surface area (TPSA) is 55.4 Å². The lowest BCUT2D eigenvalue weighted by atomic mass is 10.2. The molecule has 0 spiro atoms. The van der Waals surface area contributed by atoms with Gasteiger partial charge in [0, 0.05) is 14.2 Å². The smallest absolute Gasteiger partial charge is 0.328 e. The lowest BCUT2D eigenvalue weighted by molar-refractivity contribution is -0.141. The van der Waals surface area contributed by atoms with E-state index in [4.69, 9.17) is 6.11 Å². The van der Waals surface area contributed by atoms with Gasteiger partial charge in [0.25, 0.3) is 0 Å². The Morgan fingerprint density at radius 1 is 1.71 bits per heavy atom. The minimum absolute atomic E-state index is 0.363. The molecule has 1 heterocycles. The summed E-state index contributed by atoms with van der Waals surface area (Å²) in [5.74, 6) is -0.752. The molecule has 1 N–H and O–H groups in total. The van der Waals surface area contributed by atoms with Crippen LogP contribution in [0.2, 0.25) is 0 Å². The van der Waals surface area contributed by atoms with Crippen LogP contribution in [0.4, 0.5) is 0 Å². The van der Waals surface area contributed by atoms with Gasteiger partial charge in [-0.1, -0.05) is 19.8 Å². The van der Waals surface area contributed by atoms with Gasteiger partial charge in [0.1, 0.15) is 6.04 Å². The summed E-state index contributed by atoms with van der Waals surface area (Å²) in [5.41, 5.74) is 0. The van der Waals surface area contributed by atoms with Gasteiger partial charge < -0.3 is 10.1 Å². The normalized spacial score (nSPS) is 23.9. The van der Waals surface area contributed by atoms with Crippen molar-refractivity contribution < 1.29 is 15.7 Å². The molecule has 0 aromatic heterocycles. The summed E-state index contributed by atoms with van der Waals surface area (Å²) in [5, 5.41) is 2.54. The van der Waals surface area contributed by atoms with E-state index < -0.39 is 12.4 Å². The maximum atomic E-state index is 11.4. The van der Waals surface area contributed by atoms with Crippen molar-refractivity contribution in [3.8, 4) is 0 Å². The molecule has 1 amide bonds. The maximum absolute atomic E-state index is 11.4. The predicted octanol–water partition coefficient (Wildman–Crippen LogP) is 0.998. The van der Waals surface area contributed by atoms with Crippen LogP contribution in [0.1, 0.15) is 40.4 Å². The molecule has 0 aromatic rings. The van der Waals surface area contributed by atoms with E-state index in [0.29, 0.717) is 19.4 Å². The maximum Gasteiger partial charge on any atom is 0.328 e. The van der Waals surface area contributed by atoms with Gasteiger partial charge in [0.05, 0.1) is 6.61 Å². The fraction of sp³-hybridized carbons (Fsp3) is 0.800. The summed E-state index contributed by atoms with van der Waals surface area (Å²) in [4.78, 5) is 22.5. The van der Waals surface area contributed by atoms with Crippen LogP contribution in [0.15, 0.2) is 0 Å². The van der Waals surface area contributed by atoms with Crippen molar-refractivity contribution in [3.63, 3.8) is 0 Å². The molecule has 1 saturated heterocycles. The fourth-order valence-electron chi connectivity index (χ4n) is 1.29. The zero-order chi connectivity index (χ0) is 11.3. The van der Waals surface area contributed by atoms with Gasteiger partial charge in [-0.25, -0.2) is 4.79 Å². The van der Waals surface area contributed by atoms with E-state index in [2.05, 4.69) is 5.32 Å². The first-order valence-corrected chi connectivity index (χ1v) is 5.04. The van der Waals surface area contributed by atoms with Gasteiger partial charge >= 0.3 is 5.97 Å². The Kier molecular flexibility index (Phi) is 3.81. The zero-order valence-corrected chi connectivity index (χ0v) is 8.41. The standard InChI is InChI=1S/C10H17NO3/c1-2-3-4-5-9(12)11-8-6-7-14-10(8)13/h8H,2-7H2,1H3,(H,11,12)/t8-/m0/s1/i5D/t5?,8-. The fourth-order valence-corrected chi connectivity index (χ4v) is 1.29. The minimum atomic E-state index is -0.765. The quantitative estimate of drug-likeness (QED) is 0.673. The Labute approximate surface area is 85.4 Å². The third-order valence-electron chi connectivity index (χ3n) is 2.14. The Morgan fingerprint density at radius 2 is 2.50 bits per heavy atom. The molecule has 1 rings (SSSR count). The van der Waals surface area contributed by atoms with E-state index in [1.165, 1.54) is 0 Å². The van der Waals surface area contributed by atoms with E-state index >= 15 is 0 Å². The second-order valence-electron chi connectivity index (χ2n) is 3.36. The first-order chi connectivity index (χ1) is 7.15. The summed E-state index contributed by atoms with van der Waals surface area (Å²) >= 11 is 0. The van der Waals surface area contributed by atoms with Gasteiger partial charge in [-0.3, -0.25) is 4.79 Å². The van der Waals surface area contributed by atoms with Crippen molar-refractivity contribution in [1.29, 1.82) is 0 Å². The molecule has 1 aliphatic heterocycles. The van der Waals surface area contributed by atoms with Crippen molar-refractivity contribution >= 4 is 11.9 Å². The first kappa shape index (κ1) is 9.49. The van der Waals surface area contributed by atoms with Gasteiger partial charge in [-0.2, -0.15) is 0 Å². The zero-order valence-electron chi connectivity index (χ0n) is 9.41. The molecule has 1 unspecified atom stereocenters. The molecule has 1 fully saturated rings. The van der Waals surface area contributed by atoms with Crippen molar-refractivity contribution in [1.82, 2.24) is 5.32 Å². The number of carbonyl (C=O) groups excluding carboxylic acids is 2. The molecule has 2 atom stereocenters. The van der Waals surface area contributed by atoms with Crippen LogP contribution in [0.3, 0.4) is 0 Å². The molecular weight excluding hydrogens is 182 g/mol. The molecule has 0 radical (unpaired) electrons. The number of ether oxygens (including phenoxy) is 1. The Hall–Kier alpha value is -1.06. The molecule has 80 valence electrons. The van der Waals surface area contributed by atoms with E-state index in [0.717, 1.165) is 12.8 Å². The van der Waals surface area contributed by atoms with Crippen LogP contribution in [0.25, 0.3) is 0 Å². The molecule has 1 aliphatic rings. The first-order valence-electron chi connectivity index (χ1n) is 5.62. The van der Waals surface area contributed by atoms with Crippen LogP contribution in [0, 0.1) is 0 Å². The SMILES string of the molecule is [2H]C(CCCC)C(=O)N[C@H]1CCOC1=O. The minimum Gasteiger partial charge on any atom is -0.464 e. The average Bonchev–Trinajstić information content (AvgIpc) is 2.61. The number of cyclic esters (lactones) is 1. The summed E-state index contributed by atoms with van der Waals surface area (Å²) in [6.07, 6.45) is 2.12. The van der Waals surface area contributed by atoms with Crippen LogP contribution >= 0.6 is 0 Å². The number of nitrogens with one attached hydrogen (secondary N) is 1. The lowest BCUT2D eigenvalue weighted by Gasteiger charge is -2.07. The van der Waals surface area contributed by atoms with Crippen LogP contribution < -0.4 is 5.32 Å². The summed E-state index contributed by atoms with van der Waals surface area (Å²) in [6, 6.07) is -0.535. The highest BCUT2D eigenvalue weighted by atomic mass is 16.5. The molecule has 4 nitrogen and oxygen atoms in total. The predicted molar refractivity (Wildman–Crippen MR) is 51.6 cm³/mol. The molecular formula is C10H17NO3. The van der Waals surface area contributed by atoms with Crippen LogP contribution in [0.5, 0.6) is 0 Å². The highest BCUT2D eigenvalue weighted by Gasteiger charge is 2.27. The van der Waals surface area contributed by atoms with E-state index in [9.17, 15) is 9.59 Å². The van der Waals surface area contributed by atoms with Crippen molar-refractivity contribution in [2.75, 3.05) is 6.61 Å². The van der Waals surface area contributed by atoms with Gasteiger partial charge in [0.2, 0.25) is 5.91 Å². The second-order valence-corrected chi connectivity index (χ2v) is 3.36. The monoisotopic (exact) mass is 200 g/mol. The number of rotatable bonds is 5.